The molecule has 5 heteroatoms. The number of nitrogens with zero attached hydrogens (tertiary/aromatic N) is 1. The molecule has 0 radical (unpaired) electrons. The van der Waals surface area contributed by atoms with E-state index in [4.69, 9.17) is 5.73 Å². The molecular weight excluding hydrogens is 217 g/mol. The molecule has 0 aromatic heterocycles. The predicted octanol–water partition coefficient (Wildman–Crippen LogP) is 2.39. The fourth-order valence-corrected chi connectivity index (χ4v) is 2.60. The van der Waals surface area contributed by atoms with E-state index in [1.165, 1.54) is 0 Å². The molecule has 1 aliphatic rings. The van der Waals surface area contributed by atoms with Crippen molar-refractivity contribution in [2.24, 2.45) is 11.7 Å². The van der Waals surface area contributed by atoms with Gasteiger partial charge in [0.25, 0.3) is 0 Å². The molecule has 2 unspecified atom stereocenters. The van der Waals surface area contributed by atoms with Gasteiger partial charge in [-0.1, -0.05) is 13.3 Å². The van der Waals surface area contributed by atoms with E-state index in [9.17, 15) is 13.2 Å². The zero-order chi connectivity index (χ0) is 12.2. The van der Waals surface area contributed by atoms with Gasteiger partial charge in [-0.25, -0.2) is 0 Å². The molecule has 96 valence electrons. The molecule has 1 fully saturated rings. The summed E-state index contributed by atoms with van der Waals surface area (Å²) in [6.45, 7) is 3.30. The molecule has 0 aliphatic heterocycles. The summed E-state index contributed by atoms with van der Waals surface area (Å²) in [7, 11) is 0. The van der Waals surface area contributed by atoms with Gasteiger partial charge >= 0.3 is 6.18 Å². The minimum atomic E-state index is -4.05. The van der Waals surface area contributed by atoms with Crippen molar-refractivity contribution >= 4 is 0 Å². The van der Waals surface area contributed by atoms with Crippen LogP contribution in [-0.2, 0) is 0 Å². The van der Waals surface area contributed by atoms with Crippen LogP contribution in [0.2, 0.25) is 0 Å². The van der Waals surface area contributed by atoms with Gasteiger partial charge in [0, 0.05) is 12.6 Å². The third-order valence-electron chi connectivity index (χ3n) is 3.48. The van der Waals surface area contributed by atoms with Crippen LogP contribution < -0.4 is 5.73 Å². The standard InChI is InChI=1S/C11H21F3N2/c1-2-16(7-6-11(12,13)14)10-5-3-4-9(10)8-15/h9-10H,2-8,15H2,1H3. The average molecular weight is 238 g/mol. The van der Waals surface area contributed by atoms with Crippen LogP contribution in [0.5, 0.6) is 0 Å². The van der Waals surface area contributed by atoms with Gasteiger partial charge < -0.3 is 10.6 Å². The van der Waals surface area contributed by atoms with Gasteiger partial charge in [-0.3, -0.25) is 0 Å². The van der Waals surface area contributed by atoms with Gasteiger partial charge in [-0.15, -0.1) is 0 Å². The van der Waals surface area contributed by atoms with E-state index in [1.807, 2.05) is 11.8 Å². The summed E-state index contributed by atoms with van der Waals surface area (Å²) in [5.41, 5.74) is 5.65. The van der Waals surface area contributed by atoms with Crippen molar-refractivity contribution in [1.29, 1.82) is 0 Å². The lowest BCUT2D eigenvalue weighted by molar-refractivity contribution is -0.139. The van der Waals surface area contributed by atoms with Crippen molar-refractivity contribution < 1.29 is 13.2 Å². The number of alkyl halides is 3. The quantitative estimate of drug-likeness (QED) is 0.797. The van der Waals surface area contributed by atoms with Gasteiger partial charge in [0.2, 0.25) is 0 Å². The Labute approximate surface area is 95.0 Å². The Morgan fingerprint density at radius 2 is 2.00 bits per heavy atom. The summed E-state index contributed by atoms with van der Waals surface area (Å²) >= 11 is 0. The Hall–Kier alpha value is -0.290. The minimum absolute atomic E-state index is 0.112. The maximum Gasteiger partial charge on any atom is 0.390 e. The van der Waals surface area contributed by atoms with E-state index in [0.717, 1.165) is 19.3 Å². The van der Waals surface area contributed by atoms with Crippen LogP contribution >= 0.6 is 0 Å². The van der Waals surface area contributed by atoms with Gasteiger partial charge in [0.1, 0.15) is 0 Å². The average Bonchev–Trinajstić information content (AvgIpc) is 2.65. The lowest BCUT2D eigenvalue weighted by Crippen LogP contribution is -2.41. The molecule has 0 aromatic carbocycles. The van der Waals surface area contributed by atoms with Crippen LogP contribution in [0.4, 0.5) is 13.2 Å². The second-order valence-corrected chi connectivity index (χ2v) is 4.49. The molecule has 0 amide bonds. The van der Waals surface area contributed by atoms with Gasteiger partial charge in [-0.05, 0) is 31.8 Å². The van der Waals surface area contributed by atoms with E-state index < -0.39 is 12.6 Å². The molecule has 2 atom stereocenters. The third-order valence-corrected chi connectivity index (χ3v) is 3.48. The van der Waals surface area contributed by atoms with Crippen LogP contribution in [-0.4, -0.2) is 36.8 Å². The first kappa shape index (κ1) is 13.8. The first-order valence-corrected chi connectivity index (χ1v) is 5.98. The molecule has 1 rings (SSSR count). The highest BCUT2D eigenvalue weighted by Gasteiger charge is 2.33. The molecular formula is C11H21F3N2. The smallest absolute Gasteiger partial charge is 0.330 e. The number of rotatable bonds is 5. The summed E-state index contributed by atoms with van der Waals surface area (Å²) in [6.07, 6.45) is -1.62. The summed E-state index contributed by atoms with van der Waals surface area (Å²) in [6, 6.07) is 0.261. The van der Waals surface area contributed by atoms with E-state index in [2.05, 4.69) is 0 Å². The fraction of sp³-hybridized carbons (Fsp3) is 1.00. The minimum Gasteiger partial charge on any atom is -0.330 e. The molecule has 1 saturated carbocycles. The fourth-order valence-electron chi connectivity index (χ4n) is 2.60. The Morgan fingerprint density at radius 1 is 1.31 bits per heavy atom. The topological polar surface area (TPSA) is 29.3 Å². The van der Waals surface area contributed by atoms with E-state index in [0.29, 0.717) is 19.0 Å². The van der Waals surface area contributed by atoms with Crippen LogP contribution in [0, 0.1) is 5.92 Å². The van der Waals surface area contributed by atoms with Crippen LogP contribution in [0.1, 0.15) is 32.6 Å². The summed E-state index contributed by atoms with van der Waals surface area (Å²) < 4.78 is 36.5. The van der Waals surface area contributed by atoms with Crippen LogP contribution in [0.15, 0.2) is 0 Å². The number of nitrogens with two attached hydrogens (primary N) is 1. The monoisotopic (exact) mass is 238 g/mol. The third kappa shape index (κ3) is 3.94. The second-order valence-electron chi connectivity index (χ2n) is 4.49. The molecule has 0 heterocycles. The molecule has 2 N–H and O–H groups in total. The number of hydrogen-bond donors (Lipinski definition) is 1. The first-order chi connectivity index (χ1) is 7.48. The Morgan fingerprint density at radius 3 is 2.50 bits per heavy atom. The molecule has 0 bridgehead atoms. The number of halogens is 3. The Balaban J connectivity index is 2.47. The highest BCUT2D eigenvalue weighted by molar-refractivity contribution is 4.85. The van der Waals surface area contributed by atoms with Crippen molar-refractivity contribution in [2.45, 2.75) is 44.8 Å². The lowest BCUT2D eigenvalue weighted by atomic mass is 10.0. The zero-order valence-corrected chi connectivity index (χ0v) is 9.76. The highest BCUT2D eigenvalue weighted by atomic mass is 19.4. The van der Waals surface area contributed by atoms with Gasteiger partial charge in [-0.2, -0.15) is 13.2 Å². The maximum atomic E-state index is 12.2. The number of hydrogen-bond acceptors (Lipinski definition) is 2. The zero-order valence-electron chi connectivity index (χ0n) is 9.76. The van der Waals surface area contributed by atoms with Gasteiger partial charge in [0.05, 0.1) is 6.42 Å². The summed E-state index contributed by atoms with van der Waals surface area (Å²) in [5.74, 6) is 0.383. The summed E-state index contributed by atoms with van der Waals surface area (Å²) in [4.78, 5) is 1.94. The van der Waals surface area contributed by atoms with Crippen molar-refractivity contribution in [1.82, 2.24) is 4.90 Å². The van der Waals surface area contributed by atoms with E-state index in [-0.39, 0.29) is 12.6 Å². The van der Waals surface area contributed by atoms with Crippen LogP contribution in [0.25, 0.3) is 0 Å². The molecule has 16 heavy (non-hydrogen) atoms. The highest BCUT2D eigenvalue weighted by Crippen LogP contribution is 2.30. The van der Waals surface area contributed by atoms with E-state index in [1.54, 1.807) is 0 Å². The Bertz CT molecular complexity index is 206. The van der Waals surface area contributed by atoms with Crippen molar-refractivity contribution in [3.63, 3.8) is 0 Å². The maximum absolute atomic E-state index is 12.2. The molecule has 1 aliphatic carbocycles. The van der Waals surface area contributed by atoms with Crippen LogP contribution in [0.3, 0.4) is 0 Å². The molecule has 0 saturated heterocycles. The summed E-state index contributed by atoms with van der Waals surface area (Å²) in [5, 5.41) is 0. The normalized spacial score (nSPS) is 26.6. The van der Waals surface area contributed by atoms with E-state index >= 15 is 0 Å². The second kappa shape index (κ2) is 5.87. The SMILES string of the molecule is CCN(CCC(F)(F)F)C1CCCC1CN. The van der Waals surface area contributed by atoms with Gasteiger partial charge in [0.15, 0.2) is 0 Å². The largest absolute Gasteiger partial charge is 0.390 e. The van der Waals surface area contributed by atoms with Crippen molar-refractivity contribution in [2.75, 3.05) is 19.6 Å². The first-order valence-electron chi connectivity index (χ1n) is 5.98. The predicted molar refractivity (Wildman–Crippen MR) is 58.1 cm³/mol. The Kier molecular flexibility index (Phi) is 5.05. The lowest BCUT2D eigenvalue weighted by Gasteiger charge is -2.32. The molecule has 0 aromatic rings. The van der Waals surface area contributed by atoms with Crippen molar-refractivity contribution in [3.8, 4) is 0 Å². The van der Waals surface area contributed by atoms with Crippen molar-refractivity contribution in [3.05, 3.63) is 0 Å². The molecule has 2 nitrogen and oxygen atoms in total. The molecule has 0 spiro atoms.